The molecule has 19 heavy (non-hydrogen) atoms. The van der Waals surface area contributed by atoms with Gasteiger partial charge in [-0.2, -0.15) is 0 Å². The fourth-order valence-corrected chi connectivity index (χ4v) is 4.39. The van der Waals surface area contributed by atoms with E-state index in [0.29, 0.717) is 16.3 Å². The van der Waals surface area contributed by atoms with Gasteiger partial charge >= 0.3 is 0 Å². The minimum absolute atomic E-state index is 0.00958. The molecule has 1 aliphatic rings. The van der Waals surface area contributed by atoms with Gasteiger partial charge < -0.3 is 5.32 Å². The molecule has 2 atom stereocenters. The van der Waals surface area contributed by atoms with Crippen molar-refractivity contribution in [2.45, 2.75) is 30.5 Å². The molecule has 1 aromatic carbocycles. The summed E-state index contributed by atoms with van der Waals surface area (Å²) in [7, 11) is 0. The normalized spacial score (nSPS) is 23.1. The predicted octanol–water partition coefficient (Wildman–Crippen LogP) is 4.90. The Morgan fingerprint density at radius 2 is 2.00 bits per heavy atom. The number of hydrogen-bond acceptors (Lipinski definition) is 1. The number of rotatable bonds is 3. The van der Waals surface area contributed by atoms with Crippen LogP contribution in [0.2, 0.25) is 0 Å². The van der Waals surface area contributed by atoms with E-state index in [4.69, 9.17) is 0 Å². The summed E-state index contributed by atoms with van der Waals surface area (Å²) in [4.78, 5) is 12.7. The number of halogens is 3. The summed E-state index contributed by atoms with van der Waals surface area (Å²) in [5.74, 6) is 0.538. The summed E-state index contributed by atoms with van der Waals surface area (Å²) < 4.78 is 1.78. The Bertz CT molecular complexity index is 464. The Morgan fingerprint density at radius 1 is 1.26 bits per heavy atom. The number of benzene rings is 1. The monoisotopic (exact) mass is 451 g/mol. The van der Waals surface area contributed by atoms with Crippen molar-refractivity contribution >= 4 is 53.7 Å². The fraction of sp³-hybridized carbons (Fsp3) is 0.500. The van der Waals surface area contributed by atoms with Crippen molar-refractivity contribution < 1.29 is 4.79 Å². The molecule has 0 heterocycles. The molecule has 0 aromatic heterocycles. The average molecular weight is 454 g/mol. The molecule has 1 fully saturated rings. The van der Waals surface area contributed by atoms with Gasteiger partial charge in [-0.3, -0.25) is 4.79 Å². The highest BCUT2D eigenvalue weighted by molar-refractivity contribution is 9.11. The third-order valence-electron chi connectivity index (χ3n) is 3.52. The molecule has 1 N–H and O–H groups in total. The van der Waals surface area contributed by atoms with Crippen molar-refractivity contribution in [3.8, 4) is 0 Å². The van der Waals surface area contributed by atoms with E-state index >= 15 is 0 Å². The summed E-state index contributed by atoms with van der Waals surface area (Å²) >= 11 is 10.5. The average Bonchev–Trinajstić information content (AvgIpc) is 2.37. The Balaban J connectivity index is 1.93. The van der Waals surface area contributed by atoms with Crippen LogP contribution in [0.1, 0.15) is 36.0 Å². The van der Waals surface area contributed by atoms with E-state index in [1.807, 2.05) is 18.2 Å². The smallest absolute Gasteiger partial charge is 0.252 e. The number of nitrogens with one attached hydrogen (secondary N) is 1. The highest BCUT2D eigenvalue weighted by Crippen LogP contribution is 2.29. The summed E-state index contributed by atoms with van der Waals surface area (Å²) in [6.45, 7) is 0.747. The molecule has 2 rings (SSSR count). The van der Waals surface area contributed by atoms with Crippen molar-refractivity contribution in [3.63, 3.8) is 0 Å². The first-order valence-electron chi connectivity index (χ1n) is 6.45. The Kier molecular flexibility index (Phi) is 5.90. The minimum Gasteiger partial charge on any atom is -0.352 e. The largest absolute Gasteiger partial charge is 0.352 e. The van der Waals surface area contributed by atoms with Gasteiger partial charge in [0.15, 0.2) is 0 Å². The Labute approximate surface area is 139 Å². The van der Waals surface area contributed by atoms with Crippen LogP contribution in [0.25, 0.3) is 0 Å². The van der Waals surface area contributed by atoms with Crippen LogP contribution < -0.4 is 5.32 Å². The molecule has 1 amide bonds. The van der Waals surface area contributed by atoms with E-state index in [0.717, 1.165) is 15.5 Å². The van der Waals surface area contributed by atoms with Gasteiger partial charge in [-0.25, -0.2) is 0 Å². The third kappa shape index (κ3) is 4.30. The zero-order valence-electron chi connectivity index (χ0n) is 10.5. The molecule has 1 saturated carbocycles. The highest BCUT2D eigenvalue weighted by Gasteiger charge is 2.23. The predicted molar refractivity (Wildman–Crippen MR) is 88.8 cm³/mol. The summed E-state index contributed by atoms with van der Waals surface area (Å²) in [6, 6.07) is 5.60. The third-order valence-corrected chi connectivity index (χ3v) is 5.87. The van der Waals surface area contributed by atoms with Crippen LogP contribution in [0.3, 0.4) is 0 Å². The number of alkyl halides is 1. The molecule has 0 saturated heterocycles. The van der Waals surface area contributed by atoms with Gasteiger partial charge in [0.2, 0.25) is 0 Å². The summed E-state index contributed by atoms with van der Waals surface area (Å²) in [5.41, 5.74) is 0.685. The molecule has 104 valence electrons. The van der Waals surface area contributed by atoms with E-state index in [9.17, 15) is 4.79 Å². The molecule has 2 nitrogen and oxygen atoms in total. The van der Waals surface area contributed by atoms with Crippen LogP contribution in [-0.2, 0) is 0 Å². The van der Waals surface area contributed by atoms with Crippen LogP contribution in [0.4, 0.5) is 0 Å². The standard InChI is InChI=1S/C14H16Br3NO/c15-10-5-6-11(13(17)7-10)14(19)18-8-9-3-1-2-4-12(9)16/h5-7,9,12H,1-4,8H2,(H,18,19). The number of amides is 1. The topological polar surface area (TPSA) is 29.1 Å². The lowest BCUT2D eigenvalue weighted by atomic mass is 9.89. The van der Waals surface area contributed by atoms with Crippen molar-refractivity contribution in [1.82, 2.24) is 5.32 Å². The molecule has 1 aliphatic carbocycles. The maximum absolute atomic E-state index is 12.2. The van der Waals surface area contributed by atoms with E-state index in [1.165, 1.54) is 25.7 Å². The lowest BCUT2D eigenvalue weighted by molar-refractivity contribution is 0.0943. The number of hydrogen-bond donors (Lipinski definition) is 1. The molecular weight excluding hydrogens is 438 g/mol. The van der Waals surface area contributed by atoms with Crippen LogP contribution in [0.15, 0.2) is 27.1 Å². The van der Waals surface area contributed by atoms with Gasteiger partial charge in [0, 0.05) is 20.3 Å². The maximum atomic E-state index is 12.2. The molecule has 2 unspecified atom stereocenters. The molecular formula is C14H16Br3NO. The van der Waals surface area contributed by atoms with E-state index in [2.05, 4.69) is 53.1 Å². The van der Waals surface area contributed by atoms with Crippen LogP contribution in [0, 0.1) is 5.92 Å². The fourth-order valence-electron chi connectivity index (χ4n) is 2.38. The van der Waals surface area contributed by atoms with Gasteiger partial charge in [0.05, 0.1) is 5.56 Å². The lowest BCUT2D eigenvalue weighted by Gasteiger charge is -2.27. The second-order valence-corrected chi connectivity index (χ2v) is 7.84. The van der Waals surface area contributed by atoms with Gasteiger partial charge in [-0.1, -0.05) is 44.7 Å². The van der Waals surface area contributed by atoms with E-state index < -0.39 is 0 Å². The molecule has 0 radical (unpaired) electrons. The van der Waals surface area contributed by atoms with E-state index in [-0.39, 0.29) is 5.91 Å². The Morgan fingerprint density at radius 3 is 2.68 bits per heavy atom. The van der Waals surface area contributed by atoms with Gasteiger partial charge in [0.25, 0.3) is 5.91 Å². The van der Waals surface area contributed by atoms with Gasteiger partial charge in [-0.05, 0) is 52.9 Å². The molecule has 0 bridgehead atoms. The Hall–Kier alpha value is 0.130. The number of carbonyl (C=O) groups excluding carboxylic acids is 1. The SMILES string of the molecule is O=C(NCC1CCCCC1Br)c1ccc(Br)cc1Br. The van der Waals surface area contributed by atoms with Gasteiger partial charge in [-0.15, -0.1) is 0 Å². The molecule has 0 aliphatic heterocycles. The van der Waals surface area contributed by atoms with Crippen molar-refractivity contribution in [2.24, 2.45) is 5.92 Å². The molecule has 5 heteroatoms. The quantitative estimate of drug-likeness (QED) is 0.648. The van der Waals surface area contributed by atoms with Crippen LogP contribution in [0.5, 0.6) is 0 Å². The first kappa shape index (κ1) is 15.5. The lowest BCUT2D eigenvalue weighted by Crippen LogP contribution is -2.34. The number of carbonyl (C=O) groups is 1. The highest BCUT2D eigenvalue weighted by atomic mass is 79.9. The first-order valence-corrected chi connectivity index (χ1v) is 8.95. The summed E-state index contributed by atoms with van der Waals surface area (Å²) in [6.07, 6.45) is 4.96. The van der Waals surface area contributed by atoms with Crippen molar-refractivity contribution in [3.05, 3.63) is 32.7 Å². The maximum Gasteiger partial charge on any atom is 0.252 e. The summed E-state index contributed by atoms with van der Waals surface area (Å²) in [5, 5.41) is 3.05. The minimum atomic E-state index is -0.00958. The van der Waals surface area contributed by atoms with Crippen LogP contribution in [-0.4, -0.2) is 17.3 Å². The zero-order chi connectivity index (χ0) is 13.8. The first-order chi connectivity index (χ1) is 9.08. The zero-order valence-corrected chi connectivity index (χ0v) is 15.2. The van der Waals surface area contributed by atoms with Gasteiger partial charge in [0.1, 0.15) is 0 Å². The molecule has 0 spiro atoms. The second kappa shape index (κ2) is 7.23. The second-order valence-electron chi connectivity index (χ2n) is 4.89. The van der Waals surface area contributed by atoms with Crippen molar-refractivity contribution in [1.29, 1.82) is 0 Å². The van der Waals surface area contributed by atoms with E-state index in [1.54, 1.807) is 0 Å². The van der Waals surface area contributed by atoms with Crippen molar-refractivity contribution in [2.75, 3.05) is 6.54 Å². The molecule has 1 aromatic rings. The van der Waals surface area contributed by atoms with Crippen LogP contribution >= 0.6 is 47.8 Å².